The summed E-state index contributed by atoms with van der Waals surface area (Å²) in [5, 5.41) is 7.19. The Labute approximate surface area is 126 Å². The average Bonchev–Trinajstić information content (AvgIpc) is 2.26. The maximum atomic E-state index is 11.8. The third kappa shape index (κ3) is 7.92. The van der Waals surface area contributed by atoms with Gasteiger partial charge in [-0.25, -0.2) is 0 Å². The van der Waals surface area contributed by atoms with Crippen molar-refractivity contribution in [3.8, 4) is 0 Å². The van der Waals surface area contributed by atoms with E-state index in [-0.39, 0.29) is 30.6 Å². The van der Waals surface area contributed by atoms with Gasteiger partial charge in [0.05, 0.1) is 0 Å². The molecule has 8 nitrogen and oxygen atoms in total. The van der Waals surface area contributed by atoms with E-state index in [2.05, 4.69) is 3.21 Å². The predicted octanol–water partition coefficient (Wildman–Crippen LogP) is -0.733. The Bertz CT molecular complexity index is 412. The van der Waals surface area contributed by atoms with Gasteiger partial charge < -0.3 is 0 Å². The molecule has 0 aromatic carbocycles. The fourth-order valence-electron chi connectivity index (χ4n) is 1.26. The zero-order chi connectivity index (χ0) is 15.9. The van der Waals surface area contributed by atoms with Crippen molar-refractivity contribution in [2.75, 3.05) is 36.5 Å². The molecule has 0 saturated heterocycles. The summed E-state index contributed by atoms with van der Waals surface area (Å²) in [5.74, 6) is 0.141. The number of halogens is 1. The number of alkyl halides is 2. The van der Waals surface area contributed by atoms with E-state index in [1.54, 1.807) is 19.0 Å². The van der Waals surface area contributed by atoms with E-state index in [1.807, 2.05) is 4.93 Å². The van der Waals surface area contributed by atoms with E-state index in [1.165, 1.54) is 11.8 Å². The van der Waals surface area contributed by atoms with E-state index in [0.29, 0.717) is 10.4 Å². The van der Waals surface area contributed by atoms with Crippen molar-refractivity contribution in [2.24, 2.45) is 14.7 Å². The van der Waals surface area contributed by atoms with Crippen LogP contribution in [0, 0.1) is 5.41 Å². The van der Waals surface area contributed by atoms with Crippen molar-refractivity contribution < 1.29 is 9.59 Å². The molecule has 0 saturated carbocycles. The number of carbonyl (C=O) groups is 2. The summed E-state index contributed by atoms with van der Waals surface area (Å²) >= 11 is -1.87. The molecular formula is C11H23IN6O2. The number of nitrogens with zero attached hydrogens (tertiary/aromatic N) is 3. The second-order valence-electron chi connectivity index (χ2n) is 4.47. The molecule has 0 amide bonds. The Hall–Kier alpha value is -1.39. The predicted molar refractivity (Wildman–Crippen MR) is 89.3 cm³/mol. The molecule has 0 heterocycles. The van der Waals surface area contributed by atoms with Crippen molar-refractivity contribution >= 4 is 43.6 Å². The topological polar surface area (TPSA) is 129 Å². The van der Waals surface area contributed by atoms with Crippen LogP contribution in [-0.4, -0.2) is 69.8 Å². The van der Waals surface area contributed by atoms with Crippen LogP contribution in [0.1, 0.15) is 6.92 Å². The molecule has 0 atom stereocenters. The average molecular weight is 398 g/mol. The molecule has 0 fully saturated rings. The Morgan fingerprint density at radius 2 is 1.75 bits per heavy atom. The number of likely N-dealkylation sites (N-methyl/N-ethyl adjacent to an activating group) is 2. The number of nitrogens with one attached hydrogen (secondary N) is 1. The van der Waals surface area contributed by atoms with E-state index in [9.17, 15) is 9.59 Å². The molecule has 0 aliphatic carbocycles. The van der Waals surface area contributed by atoms with Gasteiger partial charge >= 0.3 is 127 Å². The minimum absolute atomic E-state index is 0.00117. The van der Waals surface area contributed by atoms with Gasteiger partial charge in [-0.3, -0.25) is 0 Å². The molecule has 0 spiro atoms. The SMILES string of the molecule is CC(=O)CN(C)C(N)=NI(C)CC(=O)CN(C)C(=N)N. The van der Waals surface area contributed by atoms with Crippen LogP contribution < -0.4 is 11.5 Å². The van der Waals surface area contributed by atoms with Crippen LogP contribution in [0.2, 0.25) is 0 Å². The molecule has 0 aliphatic heterocycles. The molecule has 0 unspecified atom stereocenters. The summed E-state index contributed by atoms with van der Waals surface area (Å²) in [5.41, 5.74) is 11.0. The molecule has 0 aromatic heterocycles. The Morgan fingerprint density at radius 3 is 2.20 bits per heavy atom. The van der Waals surface area contributed by atoms with Crippen molar-refractivity contribution in [3.63, 3.8) is 0 Å². The molecule has 0 aromatic rings. The second kappa shape index (κ2) is 8.72. The maximum absolute atomic E-state index is 11.8. The molecule has 116 valence electrons. The van der Waals surface area contributed by atoms with Crippen molar-refractivity contribution in [1.29, 1.82) is 5.41 Å². The Kier molecular flexibility index (Phi) is 8.11. The van der Waals surface area contributed by atoms with Gasteiger partial charge in [-0.05, 0) is 0 Å². The van der Waals surface area contributed by atoms with Crippen LogP contribution in [0.3, 0.4) is 0 Å². The van der Waals surface area contributed by atoms with Crippen LogP contribution in [0.15, 0.2) is 3.21 Å². The molecule has 20 heavy (non-hydrogen) atoms. The molecule has 0 radical (unpaired) electrons. The first-order valence-electron chi connectivity index (χ1n) is 5.81. The number of hydrogen-bond donors (Lipinski definition) is 3. The van der Waals surface area contributed by atoms with Gasteiger partial charge in [-0.15, -0.1) is 0 Å². The van der Waals surface area contributed by atoms with Gasteiger partial charge in [0, 0.05) is 0 Å². The second-order valence-corrected chi connectivity index (χ2v) is 8.89. The summed E-state index contributed by atoms with van der Waals surface area (Å²) in [4.78, 5) is 27.6. The van der Waals surface area contributed by atoms with Crippen molar-refractivity contribution in [1.82, 2.24) is 9.80 Å². The number of rotatable bonds is 7. The summed E-state index contributed by atoms with van der Waals surface area (Å²) < 4.78 is 4.68. The fourth-order valence-corrected chi connectivity index (χ4v) is 4.12. The monoisotopic (exact) mass is 398 g/mol. The van der Waals surface area contributed by atoms with Crippen molar-refractivity contribution in [2.45, 2.75) is 6.92 Å². The normalized spacial score (nSPS) is 11.8. The first kappa shape index (κ1) is 18.6. The zero-order valence-electron chi connectivity index (χ0n) is 12.3. The standard InChI is InChI=1S/C11H23IN6O2/c1-8(19)6-18(4)11(15)16-12(2)5-9(20)7-17(3)10(13)14/h5-7H2,1-4H3,(H3,13,14)(H2,15,16). The fraction of sp³-hybridized carbons (Fsp3) is 0.636. The molecule has 0 rings (SSSR count). The number of carbonyl (C=O) groups excluding carboxylic acids is 2. The van der Waals surface area contributed by atoms with Crippen LogP contribution in [-0.2, 0) is 9.59 Å². The van der Waals surface area contributed by atoms with E-state index in [4.69, 9.17) is 16.9 Å². The summed E-state index contributed by atoms with van der Waals surface area (Å²) in [7, 11) is 3.28. The van der Waals surface area contributed by atoms with Gasteiger partial charge in [-0.1, -0.05) is 0 Å². The quantitative estimate of drug-likeness (QED) is 0.224. The van der Waals surface area contributed by atoms with Gasteiger partial charge in [-0.2, -0.15) is 0 Å². The van der Waals surface area contributed by atoms with Crippen LogP contribution in [0.5, 0.6) is 0 Å². The molecular weight excluding hydrogens is 375 g/mol. The molecule has 0 aliphatic rings. The van der Waals surface area contributed by atoms with E-state index in [0.717, 1.165) is 0 Å². The first-order chi connectivity index (χ1) is 9.13. The number of Topliss-reactive ketones (excluding diaryl/α,β-unsaturated/α-hetero) is 2. The first-order valence-corrected chi connectivity index (χ1v) is 10.5. The Morgan fingerprint density at radius 1 is 1.20 bits per heavy atom. The van der Waals surface area contributed by atoms with Gasteiger partial charge in [0.1, 0.15) is 0 Å². The molecule has 5 N–H and O–H groups in total. The minimum atomic E-state index is -1.87. The van der Waals surface area contributed by atoms with Gasteiger partial charge in [0.2, 0.25) is 0 Å². The van der Waals surface area contributed by atoms with Gasteiger partial charge in [0.15, 0.2) is 0 Å². The molecule has 0 bridgehead atoms. The zero-order valence-corrected chi connectivity index (χ0v) is 14.5. The van der Waals surface area contributed by atoms with Crippen LogP contribution in [0.25, 0.3) is 0 Å². The summed E-state index contributed by atoms with van der Waals surface area (Å²) in [6.07, 6.45) is 0. The number of nitrogens with two attached hydrogens (primary N) is 2. The van der Waals surface area contributed by atoms with E-state index < -0.39 is 20.1 Å². The summed E-state index contributed by atoms with van der Waals surface area (Å²) in [6, 6.07) is 0. The van der Waals surface area contributed by atoms with Crippen LogP contribution >= 0.6 is 20.1 Å². The Balaban J connectivity index is 4.39. The number of ketones is 2. The third-order valence-corrected chi connectivity index (χ3v) is 5.52. The number of hydrogen-bond acceptors (Lipinski definition) is 4. The number of guanidine groups is 2. The summed E-state index contributed by atoms with van der Waals surface area (Å²) in [6.45, 7) is 1.80. The molecule has 9 heteroatoms. The van der Waals surface area contributed by atoms with E-state index >= 15 is 0 Å². The third-order valence-electron chi connectivity index (χ3n) is 2.25. The van der Waals surface area contributed by atoms with Crippen molar-refractivity contribution in [3.05, 3.63) is 0 Å². The van der Waals surface area contributed by atoms with Crippen LogP contribution in [0.4, 0.5) is 0 Å². The van der Waals surface area contributed by atoms with Gasteiger partial charge in [0.25, 0.3) is 0 Å².